The van der Waals surface area contributed by atoms with Crippen molar-refractivity contribution in [2.45, 2.75) is 12.8 Å². The fourth-order valence-electron chi connectivity index (χ4n) is 4.01. The molecule has 1 saturated heterocycles. The van der Waals surface area contributed by atoms with Crippen molar-refractivity contribution >= 4 is 17.9 Å². The number of amides is 1. The van der Waals surface area contributed by atoms with Crippen LogP contribution in [0, 0.1) is 11.8 Å². The molecule has 112 valence electrons. The molecule has 0 spiro atoms. The predicted octanol–water partition coefficient (Wildman–Crippen LogP) is 2.18. The zero-order valence-electron chi connectivity index (χ0n) is 12.7. The number of ether oxygens (including phenoxy) is 1. The maximum absolute atomic E-state index is 12.2. The van der Waals surface area contributed by atoms with E-state index < -0.39 is 0 Å². The molecule has 0 aromatic heterocycles. The van der Waals surface area contributed by atoms with Crippen LogP contribution in [-0.2, 0) is 4.74 Å². The maximum Gasteiger partial charge on any atom is 0.413 e. The Hall–Kier alpha value is -2.29. The predicted molar refractivity (Wildman–Crippen MR) is 86.1 cm³/mol. The van der Waals surface area contributed by atoms with E-state index >= 15 is 0 Å². The molecule has 1 aromatic rings. The van der Waals surface area contributed by atoms with Gasteiger partial charge in [0.15, 0.2) is 0 Å². The number of nitrogens with zero attached hydrogens (tertiary/aromatic N) is 1. The Morgan fingerprint density at radius 2 is 2.14 bits per heavy atom. The van der Waals surface area contributed by atoms with Crippen molar-refractivity contribution in [3.8, 4) is 0 Å². The number of allylic oxidation sites excluding steroid dienone is 4. The minimum absolute atomic E-state index is 0.244. The first-order valence-electron chi connectivity index (χ1n) is 7.83. The second kappa shape index (κ2) is 5.16. The van der Waals surface area contributed by atoms with Crippen LogP contribution in [0.15, 0.2) is 48.1 Å². The van der Waals surface area contributed by atoms with Gasteiger partial charge in [-0.05, 0) is 29.6 Å². The zero-order valence-corrected chi connectivity index (χ0v) is 12.7. The van der Waals surface area contributed by atoms with E-state index in [9.17, 15) is 4.79 Å². The number of rotatable bonds is 0. The number of hydrogen-bond acceptors (Lipinski definition) is 2. The van der Waals surface area contributed by atoms with Crippen molar-refractivity contribution in [3.05, 3.63) is 58.5 Å². The molecular formula is C19H19NO2. The van der Waals surface area contributed by atoms with E-state index in [1.165, 1.54) is 23.1 Å². The molecular weight excluding hydrogens is 274 g/mol. The molecule has 22 heavy (non-hydrogen) atoms. The molecule has 2 aliphatic carbocycles. The van der Waals surface area contributed by atoms with Gasteiger partial charge in [0.2, 0.25) is 0 Å². The van der Waals surface area contributed by atoms with Crippen LogP contribution in [-0.4, -0.2) is 24.6 Å². The van der Waals surface area contributed by atoms with Crippen LogP contribution in [0.3, 0.4) is 0 Å². The van der Waals surface area contributed by atoms with Crippen LogP contribution in [0.25, 0.3) is 11.8 Å². The molecule has 2 unspecified atom stereocenters. The van der Waals surface area contributed by atoms with Gasteiger partial charge in [-0.2, -0.15) is 0 Å². The largest absolute Gasteiger partial charge is 0.452 e. The SMILES string of the molecule is COC(=O)N1CCC2C1=c1ccccc1=CC1=CC=CCC12. The first-order valence-corrected chi connectivity index (χ1v) is 7.83. The molecule has 1 aliphatic heterocycles. The molecule has 3 aliphatic rings. The van der Waals surface area contributed by atoms with Crippen molar-refractivity contribution in [1.29, 1.82) is 0 Å². The van der Waals surface area contributed by atoms with Gasteiger partial charge in [0, 0.05) is 23.4 Å². The van der Waals surface area contributed by atoms with Gasteiger partial charge in [-0.3, -0.25) is 4.90 Å². The van der Waals surface area contributed by atoms with Gasteiger partial charge in [-0.1, -0.05) is 48.6 Å². The lowest BCUT2D eigenvalue weighted by atomic mass is 9.79. The van der Waals surface area contributed by atoms with Gasteiger partial charge in [0.05, 0.1) is 7.11 Å². The van der Waals surface area contributed by atoms with Crippen molar-refractivity contribution in [2.24, 2.45) is 11.8 Å². The summed E-state index contributed by atoms with van der Waals surface area (Å²) in [5.74, 6) is 0.845. The number of likely N-dealkylation sites (tertiary alicyclic amines) is 1. The van der Waals surface area contributed by atoms with Crippen molar-refractivity contribution in [2.75, 3.05) is 13.7 Å². The topological polar surface area (TPSA) is 29.5 Å². The van der Waals surface area contributed by atoms with Crippen LogP contribution in [0.5, 0.6) is 0 Å². The van der Waals surface area contributed by atoms with Crippen LogP contribution < -0.4 is 10.4 Å². The van der Waals surface area contributed by atoms with E-state index in [0.29, 0.717) is 11.8 Å². The summed E-state index contributed by atoms with van der Waals surface area (Å²) in [5, 5.41) is 2.37. The average Bonchev–Trinajstić information content (AvgIpc) is 2.94. The molecule has 0 bridgehead atoms. The van der Waals surface area contributed by atoms with Crippen molar-refractivity contribution < 1.29 is 9.53 Å². The quantitative estimate of drug-likeness (QED) is 0.734. The Bertz CT molecular complexity index is 803. The summed E-state index contributed by atoms with van der Waals surface area (Å²) >= 11 is 0. The Morgan fingerprint density at radius 3 is 3.00 bits per heavy atom. The summed E-state index contributed by atoms with van der Waals surface area (Å²) in [6, 6.07) is 8.36. The molecule has 1 amide bonds. The zero-order chi connectivity index (χ0) is 15.1. The normalized spacial score (nSPS) is 25.4. The van der Waals surface area contributed by atoms with E-state index in [-0.39, 0.29) is 6.09 Å². The minimum atomic E-state index is -0.244. The number of carbonyl (C=O) groups excluding carboxylic acids is 1. The number of hydrogen-bond donors (Lipinski definition) is 0. The van der Waals surface area contributed by atoms with Gasteiger partial charge >= 0.3 is 6.09 Å². The first-order chi connectivity index (χ1) is 10.8. The Labute approximate surface area is 129 Å². The Kier molecular flexibility index (Phi) is 3.14. The number of methoxy groups -OCH3 is 1. The van der Waals surface area contributed by atoms with Gasteiger partial charge in [0.25, 0.3) is 0 Å². The molecule has 0 N–H and O–H groups in total. The lowest BCUT2D eigenvalue weighted by Crippen LogP contribution is -2.35. The molecule has 0 radical (unpaired) electrons. The lowest BCUT2D eigenvalue weighted by molar-refractivity contribution is 0.146. The molecule has 0 saturated carbocycles. The molecule has 1 aromatic carbocycles. The fraction of sp³-hybridized carbons (Fsp3) is 0.316. The van der Waals surface area contributed by atoms with Crippen LogP contribution in [0.1, 0.15) is 12.8 Å². The second-order valence-corrected chi connectivity index (χ2v) is 6.07. The Morgan fingerprint density at radius 1 is 1.27 bits per heavy atom. The lowest BCUT2D eigenvalue weighted by Gasteiger charge is -2.26. The molecule has 3 heteroatoms. The van der Waals surface area contributed by atoms with Gasteiger partial charge in [-0.15, -0.1) is 0 Å². The van der Waals surface area contributed by atoms with E-state index in [0.717, 1.165) is 25.1 Å². The third kappa shape index (κ3) is 1.92. The van der Waals surface area contributed by atoms with Crippen molar-refractivity contribution in [1.82, 2.24) is 4.90 Å². The number of carbonyl (C=O) groups is 1. The molecule has 1 heterocycles. The van der Waals surface area contributed by atoms with Crippen LogP contribution >= 0.6 is 0 Å². The monoisotopic (exact) mass is 293 g/mol. The summed E-state index contributed by atoms with van der Waals surface area (Å²) < 4.78 is 5.00. The number of fused-ring (bicyclic) bond motifs is 4. The highest BCUT2D eigenvalue weighted by Crippen LogP contribution is 2.42. The second-order valence-electron chi connectivity index (χ2n) is 6.07. The number of benzene rings is 1. The highest BCUT2D eigenvalue weighted by Gasteiger charge is 2.39. The summed E-state index contributed by atoms with van der Waals surface area (Å²) in [7, 11) is 1.46. The van der Waals surface area contributed by atoms with Gasteiger partial charge in [-0.25, -0.2) is 4.79 Å². The smallest absolute Gasteiger partial charge is 0.413 e. The highest BCUT2D eigenvalue weighted by atomic mass is 16.5. The van der Waals surface area contributed by atoms with Crippen molar-refractivity contribution in [3.63, 3.8) is 0 Å². The third-order valence-corrected chi connectivity index (χ3v) is 4.99. The summed E-state index contributed by atoms with van der Waals surface area (Å²) in [6.45, 7) is 0.745. The molecule has 2 atom stereocenters. The standard InChI is InChI=1S/C19H19NO2/c1-22-19(21)20-11-10-17-15-8-4-2-6-13(15)12-14-7-3-5-9-16(14)18(17)20/h2-7,9,12,15,17H,8,10-11H2,1H3. The summed E-state index contributed by atoms with van der Waals surface area (Å²) in [4.78, 5) is 14.0. The van der Waals surface area contributed by atoms with E-state index in [1.54, 1.807) is 0 Å². The van der Waals surface area contributed by atoms with Gasteiger partial charge in [0.1, 0.15) is 0 Å². The highest BCUT2D eigenvalue weighted by molar-refractivity contribution is 5.79. The van der Waals surface area contributed by atoms with Crippen LogP contribution in [0.4, 0.5) is 4.79 Å². The molecule has 4 rings (SSSR count). The van der Waals surface area contributed by atoms with Crippen LogP contribution in [0.2, 0.25) is 0 Å². The fourth-order valence-corrected chi connectivity index (χ4v) is 4.01. The van der Waals surface area contributed by atoms with E-state index in [1.807, 2.05) is 11.0 Å². The third-order valence-electron chi connectivity index (χ3n) is 4.99. The van der Waals surface area contributed by atoms with E-state index in [4.69, 9.17) is 4.74 Å². The maximum atomic E-state index is 12.2. The molecule has 1 fully saturated rings. The molecule has 3 nitrogen and oxygen atoms in total. The van der Waals surface area contributed by atoms with E-state index in [2.05, 4.69) is 42.5 Å². The van der Waals surface area contributed by atoms with Gasteiger partial charge < -0.3 is 4.74 Å². The Balaban J connectivity index is 2.01. The average molecular weight is 293 g/mol. The summed E-state index contributed by atoms with van der Waals surface area (Å²) in [6.07, 6.45) is 10.7. The minimum Gasteiger partial charge on any atom is -0.452 e. The first kappa shape index (κ1) is 13.4. The summed E-state index contributed by atoms with van der Waals surface area (Å²) in [5.41, 5.74) is 2.52.